The van der Waals surface area contributed by atoms with Gasteiger partial charge < -0.3 is 9.47 Å². The van der Waals surface area contributed by atoms with E-state index in [1.807, 2.05) is 6.92 Å². The number of carbonyl (C=O) groups excluding carboxylic acids is 2. The molecule has 0 saturated carbocycles. The summed E-state index contributed by atoms with van der Waals surface area (Å²) in [6.07, 6.45) is 2.65. The Bertz CT molecular complexity index is 279. The fraction of sp³-hybridized carbons (Fsp3) is 0.692. The molecule has 98 valence electrons. The van der Waals surface area contributed by atoms with Crippen LogP contribution in [0, 0.1) is 5.92 Å². The van der Waals surface area contributed by atoms with Gasteiger partial charge in [0.15, 0.2) is 0 Å². The summed E-state index contributed by atoms with van der Waals surface area (Å²) in [6.45, 7) is 9.43. The Morgan fingerprint density at radius 2 is 1.41 bits per heavy atom. The zero-order chi connectivity index (χ0) is 13.4. The maximum absolute atomic E-state index is 11.3. The maximum Gasteiger partial charge on any atom is 0.331 e. The molecule has 0 rings (SSSR count). The second kappa shape index (κ2) is 7.87. The molecule has 0 aromatic heterocycles. The van der Waals surface area contributed by atoms with Crippen molar-refractivity contribution >= 4 is 11.9 Å². The van der Waals surface area contributed by atoms with Gasteiger partial charge in [-0.05, 0) is 33.1 Å². The molecule has 0 fully saturated rings. The molecule has 0 aliphatic rings. The number of carbonyl (C=O) groups is 2. The van der Waals surface area contributed by atoms with Crippen molar-refractivity contribution in [1.82, 2.24) is 0 Å². The van der Waals surface area contributed by atoms with E-state index in [-0.39, 0.29) is 12.2 Å². The molecule has 0 aromatic carbocycles. The van der Waals surface area contributed by atoms with Crippen molar-refractivity contribution in [2.75, 3.05) is 0 Å². The van der Waals surface area contributed by atoms with Crippen LogP contribution in [0.25, 0.3) is 0 Å². The van der Waals surface area contributed by atoms with E-state index in [0.29, 0.717) is 5.92 Å². The number of ether oxygens (including phenoxy) is 2. The molecule has 4 heteroatoms. The van der Waals surface area contributed by atoms with E-state index in [4.69, 9.17) is 9.47 Å². The minimum absolute atomic E-state index is 0.145. The summed E-state index contributed by atoms with van der Waals surface area (Å²) in [5, 5.41) is 0. The lowest BCUT2D eigenvalue weighted by Crippen LogP contribution is -2.16. The Morgan fingerprint density at radius 1 is 0.941 bits per heavy atom. The van der Waals surface area contributed by atoms with Crippen molar-refractivity contribution in [1.29, 1.82) is 0 Å². The summed E-state index contributed by atoms with van der Waals surface area (Å²) in [7, 11) is 0. The number of hydrogen-bond donors (Lipinski definition) is 0. The Kier molecular flexibility index (Phi) is 7.26. The minimum Gasteiger partial charge on any atom is -0.460 e. The first-order valence-electron chi connectivity index (χ1n) is 5.90. The average molecular weight is 242 g/mol. The van der Waals surface area contributed by atoms with Crippen molar-refractivity contribution in [2.24, 2.45) is 5.92 Å². The van der Waals surface area contributed by atoms with Crippen LogP contribution in [0.5, 0.6) is 0 Å². The molecule has 0 amide bonds. The lowest BCUT2D eigenvalue weighted by atomic mass is 10.1. The molecule has 0 radical (unpaired) electrons. The average Bonchev–Trinajstić information content (AvgIpc) is 2.12. The molecule has 0 N–H and O–H groups in total. The summed E-state index contributed by atoms with van der Waals surface area (Å²) >= 11 is 0. The molecule has 0 heterocycles. The minimum atomic E-state index is -0.534. The molecule has 1 unspecified atom stereocenters. The zero-order valence-corrected chi connectivity index (χ0v) is 11.2. The molecule has 0 aliphatic carbocycles. The predicted octanol–water partition coefficient (Wildman–Crippen LogP) is 2.47. The van der Waals surface area contributed by atoms with E-state index in [9.17, 15) is 9.59 Å². The van der Waals surface area contributed by atoms with Crippen LogP contribution in [0.3, 0.4) is 0 Å². The van der Waals surface area contributed by atoms with E-state index >= 15 is 0 Å². The smallest absolute Gasteiger partial charge is 0.331 e. The van der Waals surface area contributed by atoms with Gasteiger partial charge in [-0.3, -0.25) is 0 Å². The van der Waals surface area contributed by atoms with Gasteiger partial charge in [0.2, 0.25) is 0 Å². The molecular formula is C13H22O4. The SMILES string of the molecule is CC(C)CC(C)OC(=O)/C=C/C(=O)OC(C)C. The van der Waals surface area contributed by atoms with E-state index in [1.165, 1.54) is 0 Å². The van der Waals surface area contributed by atoms with Gasteiger partial charge in [-0.25, -0.2) is 9.59 Å². The van der Waals surface area contributed by atoms with E-state index in [0.717, 1.165) is 18.6 Å². The van der Waals surface area contributed by atoms with Gasteiger partial charge in [-0.2, -0.15) is 0 Å². The molecule has 17 heavy (non-hydrogen) atoms. The molecular weight excluding hydrogens is 220 g/mol. The van der Waals surface area contributed by atoms with Crippen molar-refractivity contribution in [3.8, 4) is 0 Å². The van der Waals surface area contributed by atoms with Gasteiger partial charge in [0.05, 0.1) is 12.2 Å². The molecule has 1 atom stereocenters. The summed E-state index contributed by atoms with van der Waals surface area (Å²) in [5.74, 6) is -0.583. The lowest BCUT2D eigenvalue weighted by molar-refractivity contribution is -0.145. The first-order chi connectivity index (χ1) is 7.81. The topological polar surface area (TPSA) is 52.6 Å². The zero-order valence-electron chi connectivity index (χ0n) is 11.2. The van der Waals surface area contributed by atoms with Gasteiger partial charge in [-0.15, -0.1) is 0 Å². The van der Waals surface area contributed by atoms with Crippen LogP contribution in [-0.4, -0.2) is 24.1 Å². The van der Waals surface area contributed by atoms with Crippen LogP contribution in [0.4, 0.5) is 0 Å². The van der Waals surface area contributed by atoms with E-state index < -0.39 is 11.9 Å². The summed E-state index contributed by atoms with van der Waals surface area (Å²) < 4.78 is 9.92. The highest BCUT2D eigenvalue weighted by Gasteiger charge is 2.09. The second-order valence-corrected chi connectivity index (χ2v) is 4.70. The number of hydrogen-bond acceptors (Lipinski definition) is 4. The lowest BCUT2D eigenvalue weighted by Gasteiger charge is -2.13. The first-order valence-corrected chi connectivity index (χ1v) is 5.90. The van der Waals surface area contributed by atoms with Crippen LogP contribution in [0.1, 0.15) is 41.0 Å². The van der Waals surface area contributed by atoms with Gasteiger partial charge in [-0.1, -0.05) is 13.8 Å². The highest BCUT2D eigenvalue weighted by atomic mass is 16.5. The van der Waals surface area contributed by atoms with Crippen molar-refractivity contribution in [2.45, 2.75) is 53.2 Å². The Hall–Kier alpha value is -1.32. The monoisotopic (exact) mass is 242 g/mol. The fourth-order valence-electron chi connectivity index (χ4n) is 1.36. The Labute approximate surface area is 103 Å². The summed E-state index contributed by atoms with van der Waals surface area (Å²) in [5.41, 5.74) is 0. The molecule has 4 nitrogen and oxygen atoms in total. The highest BCUT2D eigenvalue weighted by molar-refractivity contribution is 5.91. The van der Waals surface area contributed by atoms with Gasteiger partial charge >= 0.3 is 11.9 Å². The van der Waals surface area contributed by atoms with E-state index in [1.54, 1.807) is 13.8 Å². The maximum atomic E-state index is 11.3. The summed E-state index contributed by atoms with van der Waals surface area (Å²) in [6, 6.07) is 0. The molecule has 0 spiro atoms. The second-order valence-electron chi connectivity index (χ2n) is 4.70. The summed E-state index contributed by atoms with van der Waals surface area (Å²) in [4.78, 5) is 22.4. The number of esters is 2. The standard InChI is InChI=1S/C13H22O4/c1-9(2)8-11(5)17-13(15)7-6-12(14)16-10(3)4/h6-7,9-11H,8H2,1-5H3/b7-6+. The van der Waals surface area contributed by atoms with Gasteiger partial charge in [0.1, 0.15) is 0 Å². The van der Waals surface area contributed by atoms with Crippen LogP contribution in [0.2, 0.25) is 0 Å². The van der Waals surface area contributed by atoms with Crippen LogP contribution in [-0.2, 0) is 19.1 Å². The van der Waals surface area contributed by atoms with E-state index in [2.05, 4.69) is 13.8 Å². The third kappa shape index (κ3) is 9.60. The van der Waals surface area contributed by atoms with Crippen molar-refractivity contribution < 1.29 is 19.1 Å². The predicted molar refractivity (Wildman–Crippen MR) is 65.4 cm³/mol. The Morgan fingerprint density at radius 3 is 1.82 bits per heavy atom. The van der Waals surface area contributed by atoms with Crippen LogP contribution in [0.15, 0.2) is 12.2 Å². The van der Waals surface area contributed by atoms with Crippen molar-refractivity contribution in [3.63, 3.8) is 0 Å². The van der Waals surface area contributed by atoms with Gasteiger partial charge in [0.25, 0.3) is 0 Å². The molecule has 0 saturated heterocycles. The quantitative estimate of drug-likeness (QED) is 0.530. The van der Waals surface area contributed by atoms with Gasteiger partial charge in [0, 0.05) is 12.2 Å². The normalized spacial score (nSPS) is 13.1. The van der Waals surface area contributed by atoms with Crippen molar-refractivity contribution in [3.05, 3.63) is 12.2 Å². The molecule has 0 aromatic rings. The molecule has 0 aliphatic heterocycles. The fourth-order valence-corrected chi connectivity index (χ4v) is 1.36. The first kappa shape index (κ1) is 15.7. The third-order valence-electron chi connectivity index (χ3n) is 1.83. The molecule has 0 bridgehead atoms. The largest absolute Gasteiger partial charge is 0.460 e. The Balaban J connectivity index is 4.00. The third-order valence-corrected chi connectivity index (χ3v) is 1.83. The highest BCUT2D eigenvalue weighted by Crippen LogP contribution is 2.07. The van der Waals surface area contributed by atoms with Crippen LogP contribution < -0.4 is 0 Å². The van der Waals surface area contributed by atoms with Crippen LogP contribution >= 0.6 is 0 Å². The number of rotatable bonds is 6.